The highest BCUT2D eigenvalue weighted by Crippen LogP contribution is 2.44. The van der Waals surface area contributed by atoms with Gasteiger partial charge in [0.2, 0.25) is 0 Å². The summed E-state index contributed by atoms with van der Waals surface area (Å²) in [5.41, 5.74) is 5.72. The van der Waals surface area contributed by atoms with Gasteiger partial charge in [0.1, 0.15) is 23.9 Å². The lowest BCUT2D eigenvalue weighted by Crippen LogP contribution is -2.43. The molecule has 2 aromatic heterocycles. The molecule has 0 amide bonds. The van der Waals surface area contributed by atoms with Gasteiger partial charge in [-0.05, 0) is 55.5 Å². The minimum atomic E-state index is -4.99. The van der Waals surface area contributed by atoms with Crippen molar-refractivity contribution >= 4 is 28.9 Å². The van der Waals surface area contributed by atoms with Crippen LogP contribution in [0.15, 0.2) is 24.0 Å². The van der Waals surface area contributed by atoms with Crippen LogP contribution in [0.5, 0.6) is 6.01 Å². The third-order valence-corrected chi connectivity index (χ3v) is 10.1. The zero-order chi connectivity index (χ0) is 34.0. The maximum absolute atomic E-state index is 14.7. The molecule has 4 aliphatic rings. The Morgan fingerprint density at radius 3 is 2.77 bits per heavy atom. The lowest BCUT2D eigenvalue weighted by atomic mass is 9.94. The molecule has 1 aromatic carbocycles. The maximum atomic E-state index is 14.7. The minimum Gasteiger partial charge on any atom is -0.461 e. The van der Waals surface area contributed by atoms with E-state index in [0.717, 1.165) is 25.5 Å². The molecule has 0 aliphatic carbocycles. The third kappa shape index (κ3) is 5.79. The van der Waals surface area contributed by atoms with Crippen molar-refractivity contribution in [3.05, 3.63) is 68.6 Å². The van der Waals surface area contributed by atoms with Crippen LogP contribution in [0.3, 0.4) is 0 Å². The highest BCUT2D eigenvalue weighted by Gasteiger charge is 2.47. The van der Waals surface area contributed by atoms with Crippen molar-refractivity contribution in [1.82, 2.24) is 24.6 Å². The van der Waals surface area contributed by atoms with Gasteiger partial charge in [-0.25, -0.2) is 8.78 Å². The fraction of sp³-hybridized carbons (Fsp3) is 0.500. The van der Waals surface area contributed by atoms with Gasteiger partial charge < -0.3 is 20.1 Å². The first-order valence-corrected chi connectivity index (χ1v) is 16.1. The fourth-order valence-corrected chi connectivity index (χ4v) is 7.83. The van der Waals surface area contributed by atoms with Crippen molar-refractivity contribution in [2.75, 3.05) is 36.9 Å². The number of carbonyl (C=O) groups is 1. The lowest BCUT2D eigenvalue weighted by Gasteiger charge is -2.33. The molecule has 2 saturated heterocycles. The molecule has 0 radical (unpaired) electrons. The van der Waals surface area contributed by atoms with Crippen molar-refractivity contribution in [1.29, 1.82) is 0 Å². The van der Waals surface area contributed by atoms with Crippen LogP contribution >= 0.6 is 11.6 Å². The number of carbonyl (C=O) groups excluding carboxylic acids is 1. The average molecular weight is 694 g/mol. The molecule has 0 unspecified atom stereocenters. The second-order valence-electron chi connectivity index (χ2n) is 12.9. The molecule has 2 N–H and O–H groups in total. The predicted octanol–water partition coefficient (Wildman–Crippen LogP) is 5.96. The number of aryl methyl sites for hydroxylation is 1. The highest BCUT2D eigenvalue weighted by molar-refractivity contribution is 6.34. The van der Waals surface area contributed by atoms with Crippen LogP contribution < -0.4 is 15.4 Å². The maximum Gasteiger partial charge on any atom is 0.419 e. The van der Waals surface area contributed by atoms with E-state index in [1.165, 1.54) is 6.92 Å². The molecular weight excluding hydrogens is 661 g/mol. The SMILES string of the molecule is CC(=O)c1nn2c(c1Cl)CN(c1nc(OC[C@@]34CCCN3C/C(=C\F)C4)nc3c1CO[C@H](c1cc(N)cc(F)c1C(F)(F)F)C3)CCC2. The van der Waals surface area contributed by atoms with E-state index >= 15 is 0 Å². The van der Waals surface area contributed by atoms with E-state index in [1.54, 1.807) is 4.68 Å². The number of hydrogen-bond acceptors (Lipinski definition) is 9. The summed E-state index contributed by atoms with van der Waals surface area (Å²) in [6.45, 7) is 3.95. The van der Waals surface area contributed by atoms with Gasteiger partial charge in [-0.3, -0.25) is 14.4 Å². The molecule has 10 nitrogen and oxygen atoms in total. The van der Waals surface area contributed by atoms with E-state index in [-0.39, 0.29) is 54.4 Å². The summed E-state index contributed by atoms with van der Waals surface area (Å²) in [7, 11) is 0. The third-order valence-electron chi connectivity index (χ3n) is 9.71. The van der Waals surface area contributed by atoms with E-state index in [2.05, 4.69) is 15.0 Å². The number of nitrogens with zero attached hydrogens (tertiary/aromatic N) is 6. The van der Waals surface area contributed by atoms with E-state index in [9.17, 15) is 26.7 Å². The molecule has 2 fully saturated rings. The first kappa shape index (κ1) is 32.7. The van der Waals surface area contributed by atoms with Crippen LogP contribution in [-0.4, -0.2) is 62.2 Å². The molecule has 0 bridgehead atoms. The molecule has 6 heterocycles. The van der Waals surface area contributed by atoms with Crippen LogP contribution in [0, 0.1) is 5.82 Å². The minimum absolute atomic E-state index is 0.00591. The summed E-state index contributed by atoms with van der Waals surface area (Å²) >= 11 is 6.62. The molecule has 16 heteroatoms. The Kier molecular flexibility index (Phi) is 8.35. The molecule has 7 rings (SSSR count). The number of Topliss-reactive ketones (excluding diaryl/α,β-unsaturated/α-hetero) is 1. The normalized spacial score (nSPS) is 23.6. The number of nitrogens with two attached hydrogens (primary N) is 1. The number of hydrogen-bond donors (Lipinski definition) is 1. The van der Waals surface area contributed by atoms with Crippen molar-refractivity contribution in [3.63, 3.8) is 0 Å². The molecule has 2 atom stereocenters. The Bertz CT molecular complexity index is 1820. The summed E-state index contributed by atoms with van der Waals surface area (Å²) in [4.78, 5) is 25.8. The zero-order valence-electron chi connectivity index (χ0n) is 26.0. The first-order chi connectivity index (χ1) is 22.9. The van der Waals surface area contributed by atoms with Gasteiger partial charge in [-0.15, -0.1) is 0 Å². The summed E-state index contributed by atoms with van der Waals surface area (Å²) in [6, 6.07) is 1.72. The monoisotopic (exact) mass is 693 g/mol. The molecule has 4 aliphatic heterocycles. The Morgan fingerprint density at radius 1 is 1.21 bits per heavy atom. The first-order valence-electron chi connectivity index (χ1n) is 15.7. The number of benzene rings is 1. The van der Waals surface area contributed by atoms with Crippen molar-refractivity contribution in [3.8, 4) is 6.01 Å². The van der Waals surface area contributed by atoms with Crippen molar-refractivity contribution in [2.24, 2.45) is 0 Å². The molecular formula is C32H33ClF5N7O3. The number of fused-ring (bicyclic) bond motifs is 3. The Balaban J connectivity index is 1.27. The van der Waals surface area contributed by atoms with Crippen LogP contribution in [-0.2, 0) is 37.0 Å². The van der Waals surface area contributed by atoms with Crippen LogP contribution in [0.2, 0.25) is 5.02 Å². The van der Waals surface area contributed by atoms with Gasteiger partial charge in [0.25, 0.3) is 0 Å². The van der Waals surface area contributed by atoms with Gasteiger partial charge in [0.05, 0.1) is 53.1 Å². The largest absolute Gasteiger partial charge is 0.461 e. The number of halogens is 6. The molecule has 3 aromatic rings. The Morgan fingerprint density at radius 2 is 2.02 bits per heavy atom. The van der Waals surface area contributed by atoms with Gasteiger partial charge in [0.15, 0.2) is 5.78 Å². The summed E-state index contributed by atoms with van der Waals surface area (Å²) < 4.78 is 84.3. The standard InChI is InChI=1S/C32H33ClF5N7O3/c1-17(46)28-27(33)24-14-43(5-3-7-45(24)42-28)29-21-15-47-25(20-8-19(39)9-22(35)26(20)32(36,37)38)10-23(21)40-30(41-29)48-16-31-4-2-6-44(31)13-18(11-31)12-34/h8-9,12,25H,2-7,10-11,13-16,39H2,1H3/b18-12-/t25-,31-/m0/s1. The predicted molar refractivity (Wildman–Crippen MR) is 165 cm³/mol. The van der Waals surface area contributed by atoms with E-state index < -0.39 is 34.8 Å². The van der Waals surface area contributed by atoms with Gasteiger partial charge in [-0.2, -0.15) is 28.2 Å². The average Bonchev–Trinajstić information content (AvgIpc) is 3.62. The second kappa shape index (κ2) is 12.3. The number of anilines is 2. The molecule has 0 spiro atoms. The number of ketones is 1. The highest BCUT2D eigenvalue weighted by atomic mass is 35.5. The number of nitrogen functional groups attached to an aromatic ring is 1. The number of rotatable bonds is 6. The Hall–Kier alpha value is -3.82. The Labute approximate surface area is 277 Å². The van der Waals surface area contributed by atoms with Crippen molar-refractivity contribution < 1.29 is 36.2 Å². The molecule has 256 valence electrons. The summed E-state index contributed by atoms with van der Waals surface area (Å²) in [6.07, 6.45) is -2.84. The smallest absolute Gasteiger partial charge is 0.419 e. The van der Waals surface area contributed by atoms with E-state index in [0.29, 0.717) is 73.2 Å². The second-order valence-corrected chi connectivity index (χ2v) is 13.2. The van der Waals surface area contributed by atoms with Crippen LogP contribution in [0.25, 0.3) is 0 Å². The topological polar surface area (TPSA) is 112 Å². The van der Waals surface area contributed by atoms with Crippen molar-refractivity contribution in [2.45, 2.75) is 76.5 Å². The van der Waals surface area contributed by atoms with Gasteiger partial charge in [0, 0.05) is 44.2 Å². The quantitative estimate of drug-likeness (QED) is 0.190. The van der Waals surface area contributed by atoms with E-state index in [4.69, 9.17) is 31.8 Å². The fourth-order valence-electron chi connectivity index (χ4n) is 7.50. The number of aromatic nitrogens is 4. The van der Waals surface area contributed by atoms with Gasteiger partial charge >= 0.3 is 12.2 Å². The van der Waals surface area contributed by atoms with Crippen LogP contribution in [0.1, 0.15) is 77.3 Å². The lowest BCUT2D eigenvalue weighted by molar-refractivity contribution is -0.142. The molecule has 48 heavy (non-hydrogen) atoms. The van der Waals surface area contributed by atoms with Gasteiger partial charge in [-0.1, -0.05) is 11.6 Å². The number of ether oxygens (including phenoxy) is 2. The number of alkyl halides is 3. The van der Waals surface area contributed by atoms with Crippen LogP contribution in [0.4, 0.5) is 33.5 Å². The van der Waals surface area contributed by atoms with E-state index in [1.807, 2.05) is 4.90 Å². The summed E-state index contributed by atoms with van der Waals surface area (Å²) in [5.74, 6) is -1.31. The molecule has 0 saturated carbocycles. The summed E-state index contributed by atoms with van der Waals surface area (Å²) in [5, 5.41) is 4.65. The zero-order valence-corrected chi connectivity index (χ0v) is 26.8.